The summed E-state index contributed by atoms with van der Waals surface area (Å²) in [4.78, 5) is 42.6. The van der Waals surface area contributed by atoms with E-state index in [-0.39, 0.29) is 35.6 Å². The number of benzene rings is 1. The van der Waals surface area contributed by atoms with Gasteiger partial charge in [0.2, 0.25) is 0 Å². The Labute approximate surface area is 289 Å². The van der Waals surface area contributed by atoms with Gasteiger partial charge in [0.15, 0.2) is 0 Å². The summed E-state index contributed by atoms with van der Waals surface area (Å²) in [7, 11) is 1.80. The lowest BCUT2D eigenvalue weighted by Crippen LogP contribution is -2.46. The van der Waals surface area contributed by atoms with Crippen LogP contribution in [-0.2, 0) is 6.54 Å². The number of carboxylic acids is 1. The number of fused-ring (bicyclic) bond motifs is 2. The SMILES string of the molecule is Cc1nc2cnc(N(C)C3CCN(CC(C)(F)F)CC3)c(C#N)c2c(=O)n1CC#Cc1ccc(Cl)cc1-c1ccnc2c(C(=O)O)csc12. The molecule has 1 fully saturated rings. The van der Waals surface area contributed by atoms with Gasteiger partial charge in [-0.05, 0) is 44.0 Å². The summed E-state index contributed by atoms with van der Waals surface area (Å²) in [6.45, 7) is 3.24. The minimum atomic E-state index is -2.77. The number of rotatable bonds is 7. The number of thiophene rings is 1. The second-order valence-electron chi connectivity index (χ2n) is 12.1. The molecule has 1 aromatic carbocycles. The third kappa shape index (κ3) is 6.83. The summed E-state index contributed by atoms with van der Waals surface area (Å²) in [5.74, 6) is 3.10. The van der Waals surface area contributed by atoms with Gasteiger partial charge in [-0.1, -0.05) is 23.4 Å². The Kier molecular flexibility index (Phi) is 9.36. The standard InChI is InChI=1S/C35H30ClF2N7O3S/c1-20-42-28-17-41-32(43(3)23-9-13-44(14-10-23)19-35(2,37)38)26(16-39)29(28)33(46)45(20)12-4-5-21-6-7-22(36)15-25(21)24-8-11-40-30-27(34(47)48)18-49-31(24)30/h6-8,11,15,17-18,23H,9-10,12-14,19H2,1-3H3,(H,47,48). The molecule has 5 heterocycles. The molecule has 0 amide bonds. The maximum Gasteiger partial charge on any atom is 0.338 e. The highest BCUT2D eigenvalue weighted by Crippen LogP contribution is 2.36. The lowest BCUT2D eigenvalue weighted by Gasteiger charge is -2.38. The summed E-state index contributed by atoms with van der Waals surface area (Å²) in [5, 5.41) is 22.0. The Morgan fingerprint density at radius 1 is 1.22 bits per heavy atom. The number of carboxylic acid groups (broad SMARTS) is 1. The van der Waals surface area contributed by atoms with Crippen LogP contribution in [0.5, 0.6) is 0 Å². The number of hydrogen-bond acceptors (Lipinski definition) is 9. The largest absolute Gasteiger partial charge is 0.478 e. The summed E-state index contributed by atoms with van der Waals surface area (Å²) in [5.41, 5.74) is 2.47. The van der Waals surface area contributed by atoms with Gasteiger partial charge in [-0.2, -0.15) is 5.26 Å². The highest BCUT2D eigenvalue weighted by Gasteiger charge is 2.31. The van der Waals surface area contributed by atoms with Crippen LogP contribution in [-0.4, -0.2) is 74.1 Å². The maximum atomic E-state index is 13.9. The second-order valence-corrected chi connectivity index (χ2v) is 13.4. The van der Waals surface area contributed by atoms with Gasteiger partial charge in [-0.15, -0.1) is 11.3 Å². The Hall–Kier alpha value is -4.95. The van der Waals surface area contributed by atoms with E-state index in [4.69, 9.17) is 11.6 Å². The van der Waals surface area contributed by atoms with Crippen LogP contribution in [0.3, 0.4) is 0 Å². The first-order valence-electron chi connectivity index (χ1n) is 15.4. The Morgan fingerprint density at radius 3 is 2.67 bits per heavy atom. The quantitative estimate of drug-likeness (QED) is 0.197. The molecule has 0 spiro atoms. The van der Waals surface area contributed by atoms with E-state index in [2.05, 4.69) is 32.9 Å². The average molecular weight is 702 g/mol. The number of aromatic carboxylic acids is 1. The van der Waals surface area contributed by atoms with Crippen molar-refractivity contribution in [2.45, 2.75) is 45.2 Å². The minimum Gasteiger partial charge on any atom is -0.478 e. The summed E-state index contributed by atoms with van der Waals surface area (Å²) in [6.07, 6.45) is 4.24. The number of carbonyl (C=O) groups is 1. The number of nitriles is 1. The zero-order valence-corrected chi connectivity index (χ0v) is 28.4. The molecule has 0 saturated carbocycles. The summed E-state index contributed by atoms with van der Waals surface area (Å²) < 4.78 is 29.2. The molecule has 4 aromatic heterocycles. The second kappa shape index (κ2) is 13.5. The van der Waals surface area contributed by atoms with Crippen molar-refractivity contribution >= 4 is 55.8 Å². The molecule has 0 bridgehead atoms. The monoisotopic (exact) mass is 701 g/mol. The van der Waals surface area contributed by atoms with E-state index < -0.39 is 17.5 Å². The van der Waals surface area contributed by atoms with Crippen LogP contribution in [0.1, 0.15) is 47.1 Å². The van der Waals surface area contributed by atoms with E-state index >= 15 is 0 Å². The zero-order valence-electron chi connectivity index (χ0n) is 26.8. The molecule has 0 radical (unpaired) electrons. The van der Waals surface area contributed by atoms with Gasteiger partial charge in [-0.3, -0.25) is 19.2 Å². The van der Waals surface area contributed by atoms with Crippen molar-refractivity contribution in [3.8, 4) is 29.0 Å². The Bertz CT molecular complexity index is 2280. The first-order chi connectivity index (χ1) is 23.4. The third-order valence-corrected chi connectivity index (χ3v) is 9.88. The summed E-state index contributed by atoms with van der Waals surface area (Å²) >= 11 is 7.64. The number of anilines is 1. The van der Waals surface area contributed by atoms with Crippen LogP contribution in [0.4, 0.5) is 14.6 Å². The molecule has 0 atom stereocenters. The van der Waals surface area contributed by atoms with E-state index in [0.717, 1.165) is 12.5 Å². The fourth-order valence-corrected chi connectivity index (χ4v) is 7.46. The molecule has 0 unspecified atom stereocenters. The molecule has 250 valence electrons. The van der Waals surface area contributed by atoms with E-state index in [9.17, 15) is 28.7 Å². The predicted octanol–water partition coefficient (Wildman–Crippen LogP) is 6.21. The average Bonchev–Trinajstić information content (AvgIpc) is 3.50. The van der Waals surface area contributed by atoms with Gasteiger partial charge in [-0.25, -0.2) is 23.5 Å². The minimum absolute atomic E-state index is 0.0253. The molecule has 6 rings (SSSR count). The van der Waals surface area contributed by atoms with Gasteiger partial charge < -0.3 is 10.0 Å². The van der Waals surface area contributed by atoms with E-state index in [1.54, 1.807) is 54.7 Å². The molecule has 1 N–H and O–H groups in total. The van der Waals surface area contributed by atoms with Crippen LogP contribution in [0.15, 0.2) is 46.8 Å². The van der Waals surface area contributed by atoms with Crippen molar-refractivity contribution in [2.75, 3.05) is 31.6 Å². The first-order valence-corrected chi connectivity index (χ1v) is 16.6. The highest BCUT2D eigenvalue weighted by atomic mass is 35.5. The van der Waals surface area contributed by atoms with Crippen molar-refractivity contribution in [2.24, 2.45) is 0 Å². The molecule has 1 saturated heterocycles. The summed E-state index contributed by atoms with van der Waals surface area (Å²) in [6, 6.07) is 9.11. The fourth-order valence-electron chi connectivity index (χ4n) is 6.26. The van der Waals surface area contributed by atoms with Crippen LogP contribution >= 0.6 is 22.9 Å². The van der Waals surface area contributed by atoms with Gasteiger partial charge >= 0.3 is 5.97 Å². The van der Waals surface area contributed by atoms with Gasteiger partial charge in [0.05, 0.1) is 46.0 Å². The molecular formula is C35H30ClF2N7O3S. The number of likely N-dealkylation sites (tertiary alicyclic amines) is 1. The normalized spacial score (nSPS) is 14.1. The number of aromatic nitrogens is 4. The Balaban J connectivity index is 1.32. The number of aryl methyl sites for hydroxylation is 1. The van der Waals surface area contributed by atoms with E-state index in [0.29, 0.717) is 69.5 Å². The van der Waals surface area contributed by atoms with Crippen molar-refractivity contribution in [1.29, 1.82) is 5.26 Å². The van der Waals surface area contributed by atoms with Crippen LogP contribution in [0, 0.1) is 30.1 Å². The van der Waals surface area contributed by atoms with Crippen molar-refractivity contribution in [3.63, 3.8) is 0 Å². The topological polar surface area (TPSA) is 128 Å². The maximum absolute atomic E-state index is 13.9. The zero-order chi connectivity index (χ0) is 35.0. The predicted molar refractivity (Wildman–Crippen MR) is 186 cm³/mol. The van der Waals surface area contributed by atoms with E-state index in [1.165, 1.54) is 22.1 Å². The number of hydrogen-bond donors (Lipinski definition) is 1. The number of alkyl halides is 2. The molecular weight excluding hydrogens is 672 g/mol. The lowest BCUT2D eigenvalue weighted by molar-refractivity contribution is -0.0198. The first kappa shape index (κ1) is 33.9. The van der Waals surface area contributed by atoms with E-state index in [1.807, 2.05) is 4.90 Å². The molecule has 1 aliphatic heterocycles. The molecule has 5 aromatic rings. The van der Waals surface area contributed by atoms with Crippen LogP contribution in [0.25, 0.3) is 32.2 Å². The number of piperidine rings is 1. The Morgan fingerprint density at radius 2 is 1.98 bits per heavy atom. The lowest BCUT2D eigenvalue weighted by atomic mass is 10.00. The van der Waals surface area contributed by atoms with Crippen LogP contribution in [0.2, 0.25) is 5.02 Å². The number of halogens is 3. The van der Waals surface area contributed by atoms with Gasteiger partial charge in [0.25, 0.3) is 11.5 Å². The van der Waals surface area contributed by atoms with Gasteiger partial charge in [0, 0.05) is 66.4 Å². The third-order valence-electron chi connectivity index (χ3n) is 8.64. The van der Waals surface area contributed by atoms with Crippen molar-refractivity contribution in [3.05, 3.63) is 79.9 Å². The number of nitrogens with zero attached hydrogens (tertiary/aromatic N) is 7. The van der Waals surface area contributed by atoms with Crippen molar-refractivity contribution < 1.29 is 18.7 Å². The van der Waals surface area contributed by atoms with Crippen molar-refractivity contribution in [1.82, 2.24) is 24.4 Å². The molecule has 0 aliphatic carbocycles. The van der Waals surface area contributed by atoms with Crippen LogP contribution < -0.4 is 10.5 Å². The van der Waals surface area contributed by atoms with Gasteiger partial charge in [0.1, 0.15) is 23.3 Å². The smallest absolute Gasteiger partial charge is 0.338 e. The highest BCUT2D eigenvalue weighted by molar-refractivity contribution is 7.18. The molecule has 10 nitrogen and oxygen atoms in total. The fraction of sp³-hybridized carbons (Fsp3) is 0.314. The molecule has 49 heavy (non-hydrogen) atoms. The number of pyridine rings is 2. The molecule has 1 aliphatic rings. The molecule has 14 heteroatoms.